The molecule has 4 heteroatoms. The molecule has 0 bridgehead atoms. The molecule has 1 aromatic carbocycles. The van der Waals surface area contributed by atoms with E-state index in [0.29, 0.717) is 29.8 Å². The van der Waals surface area contributed by atoms with Crippen LogP contribution in [0.1, 0.15) is 18.9 Å². The topological polar surface area (TPSA) is 38.3 Å². The zero-order valence-electron chi connectivity index (χ0n) is 10.9. The Morgan fingerprint density at radius 2 is 2.22 bits per heavy atom. The molecule has 0 unspecified atom stereocenters. The van der Waals surface area contributed by atoms with Crippen LogP contribution in [0, 0.1) is 12.7 Å². The van der Waals surface area contributed by atoms with Crippen molar-refractivity contribution in [1.82, 2.24) is 0 Å². The van der Waals surface area contributed by atoms with E-state index < -0.39 is 0 Å². The van der Waals surface area contributed by atoms with Crippen LogP contribution in [0.5, 0.6) is 0 Å². The summed E-state index contributed by atoms with van der Waals surface area (Å²) in [5.41, 5.74) is 1.91. The number of carbonyl (C=O) groups excluding carboxylic acids is 1. The lowest BCUT2D eigenvalue weighted by atomic mass is 10.2. The fourth-order valence-corrected chi connectivity index (χ4v) is 1.50. The Morgan fingerprint density at radius 1 is 1.50 bits per heavy atom. The van der Waals surface area contributed by atoms with Gasteiger partial charge >= 0.3 is 5.97 Å². The lowest BCUT2D eigenvalue weighted by Gasteiger charge is -2.06. The number of hydrogen-bond acceptors (Lipinski definition) is 3. The maximum absolute atomic E-state index is 13.3. The molecule has 0 aliphatic carbocycles. The molecule has 0 aliphatic heterocycles. The molecule has 0 aliphatic rings. The molecule has 18 heavy (non-hydrogen) atoms. The summed E-state index contributed by atoms with van der Waals surface area (Å²) >= 11 is 0. The van der Waals surface area contributed by atoms with Crippen molar-refractivity contribution in [3.05, 3.63) is 41.2 Å². The third kappa shape index (κ3) is 3.87. The molecule has 0 amide bonds. The van der Waals surface area contributed by atoms with Gasteiger partial charge in [-0.05, 0) is 31.0 Å². The van der Waals surface area contributed by atoms with Gasteiger partial charge in [0.25, 0.3) is 0 Å². The summed E-state index contributed by atoms with van der Waals surface area (Å²) in [6, 6.07) is 4.95. The van der Waals surface area contributed by atoms with Gasteiger partial charge in [0.2, 0.25) is 0 Å². The van der Waals surface area contributed by atoms with Gasteiger partial charge in [-0.2, -0.15) is 0 Å². The number of halogens is 1. The normalized spacial score (nSPS) is 11.2. The Balaban J connectivity index is 2.62. The molecule has 1 N–H and O–H groups in total. The number of nitrogens with one attached hydrogen (secondary N) is 1. The van der Waals surface area contributed by atoms with E-state index in [2.05, 4.69) is 10.1 Å². The van der Waals surface area contributed by atoms with Gasteiger partial charge in [0.1, 0.15) is 5.82 Å². The Morgan fingerprint density at radius 3 is 2.78 bits per heavy atom. The van der Waals surface area contributed by atoms with Gasteiger partial charge in [-0.1, -0.05) is 19.1 Å². The van der Waals surface area contributed by atoms with E-state index in [1.54, 1.807) is 25.1 Å². The summed E-state index contributed by atoms with van der Waals surface area (Å²) in [5.74, 6) is -0.568. The number of anilines is 1. The molecule has 0 aromatic heterocycles. The smallest absolute Gasteiger partial charge is 0.333 e. The number of hydrogen-bond donors (Lipinski definition) is 1. The van der Waals surface area contributed by atoms with Gasteiger partial charge in [0.15, 0.2) is 0 Å². The summed E-state index contributed by atoms with van der Waals surface area (Å²) in [5, 5.41) is 3.03. The number of aryl methyl sites for hydroxylation is 1. The van der Waals surface area contributed by atoms with E-state index >= 15 is 0 Å². The van der Waals surface area contributed by atoms with Crippen molar-refractivity contribution < 1.29 is 13.9 Å². The number of benzene rings is 1. The standard InChI is InChI=1S/C14H18FNO2/c1-4-11(14(17)18-3)7-8-16-12-6-5-10(2)13(15)9-12/h5-7,9,16H,4,8H2,1-3H3/b11-7-. The Kier molecular flexibility index (Phi) is 5.36. The molecule has 1 aromatic rings. The first-order valence-electron chi connectivity index (χ1n) is 5.85. The van der Waals surface area contributed by atoms with Crippen molar-refractivity contribution in [2.45, 2.75) is 20.3 Å². The van der Waals surface area contributed by atoms with E-state index in [-0.39, 0.29) is 11.8 Å². The predicted molar refractivity (Wildman–Crippen MR) is 70.0 cm³/mol. The number of carbonyl (C=O) groups is 1. The maximum Gasteiger partial charge on any atom is 0.333 e. The maximum atomic E-state index is 13.3. The molecular formula is C14H18FNO2. The van der Waals surface area contributed by atoms with E-state index in [1.807, 2.05) is 6.92 Å². The van der Waals surface area contributed by atoms with Gasteiger partial charge < -0.3 is 10.1 Å². The first kappa shape index (κ1) is 14.2. The van der Waals surface area contributed by atoms with Crippen LogP contribution >= 0.6 is 0 Å². The van der Waals surface area contributed by atoms with Crippen LogP contribution in [0.2, 0.25) is 0 Å². The summed E-state index contributed by atoms with van der Waals surface area (Å²) in [4.78, 5) is 11.3. The van der Waals surface area contributed by atoms with Crippen molar-refractivity contribution in [3.8, 4) is 0 Å². The quantitative estimate of drug-likeness (QED) is 0.645. The molecule has 0 heterocycles. The number of ether oxygens (including phenoxy) is 1. The van der Waals surface area contributed by atoms with E-state index in [0.717, 1.165) is 0 Å². The number of esters is 1. The molecular weight excluding hydrogens is 233 g/mol. The van der Waals surface area contributed by atoms with E-state index in [1.165, 1.54) is 13.2 Å². The second-order valence-electron chi connectivity index (χ2n) is 3.92. The number of methoxy groups -OCH3 is 1. The highest BCUT2D eigenvalue weighted by atomic mass is 19.1. The van der Waals surface area contributed by atoms with Crippen LogP contribution in [-0.4, -0.2) is 19.6 Å². The molecule has 0 saturated heterocycles. The summed E-state index contributed by atoms with van der Waals surface area (Å²) in [7, 11) is 1.36. The average molecular weight is 251 g/mol. The van der Waals surface area contributed by atoms with Gasteiger partial charge in [0.05, 0.1) is 7.11 Å². The van der Waals surface area contributed by atoms with Crippen LogP contribution in [0.25, 0.3) is 0 Å². The molecule has 0 radical (unpaired) electrons. The minimum absolute atomic E-state index is 0.243. The second-order valence-corrected chi connectivity index (χ2v) is 3.92. The van der Waals surface area contributed by atoms with Crippen molar-refractivity contribution in [1.29, 1.82) is 0 Å². The Hall–Kier alpha value is -1.84. The zero-order valence-corrected chi connectivity index (χ0v) is 10.9. The highest BCUT2D eigenvalue weighted by molar-refractivity contribution is 5.88. The van der Waals surface area contributed by atoms with Crippen LogP contribution in [0.3, 0.4) is 0 Å². The fraction of sp³-hybridized carbons (Fsp3) is 0.357. The molecule has 1 rings (SSSR count). The van der Waals surface area contributed by atoms with Crippen molar-refractivity contribution >= 4 is 11.7 Å². The Labute approximate surface area is 107 Å². The first-order valence-corrected chi connectivity index (χ1v) is 5.85. The van der Waals surface area contributed by atoms with Crippen molar-refractivity contribution in [3.63, 3.8) is 0 Å². The summed E-state index contributed by atoms with van der Waals surface area (Å²) in [6.45, 7) is 4.06. The summed E-state index contributed by atoms with van der Waals surface area (Å²) in [6.07, 6.45) is 2.36. The van der Waals surface area contributed by atoms with Gasteiger partial charge in [-0.15, -0.1) is 0 Å². The van der Waals surface area contributed by atoms with Gasteiger partial charge in [-0.3, -0.25) is 0 Å². The van der Waals surface area contributed by atoms with Crippen LogP contribution in [0.15, 0.2) is 29.8 Å². The minimum atomic E-state index is -0.325. The highest BCUT2D eigenvalue weighted by Crippen LogP contribution is 2.13. The molecule has 0 saturated carbocycles. The lowest BCUT2D eigenvalue weighted by Crippen LogP contribution is -2.07. The van der Waals surface area contributed by atoms with Gasteiger partial charge in [-0.25, -0.2) is 9.18 Å². The largest absolute Gasteiger partial charge is 0.466 e. The highest BCUT2D eigenvalue weighted by Gasteiger charge is 2.05. The molecule has 0 fully saturated rings. The molecule has 0 atom stereocenters. The van der Waals surface area contributed by atoms with Crippen LogP contribution < -0.4 is 5.32 Å². The minimum Gasteiger partial charge on any atom is -0.466 e. The second kappa shape index (κ2) is 6.79. The zero-order chi connectivity index (χ0) is 13.5. The van der Waals surface area contributed by atoms with Crippen LogP contribution in [0.4, 0.5) is 10.1 Å². The Bertz CT molecular complexity index is 455. The van der Waals surface area contributed by atoms with E-state index in [4.69, 9.17) is 0 Å². The van der Waals surface area contributed by atoms with Crippen molar-refractivity contribution in [2.75, 3.05) is 19.0 Å². The molecule has 0 spiro atoms. The van der Waals surface area contributed by atoms with Crippen LogP contribution in [-0.2, 0) is 9.53 Å². The fourth-order valence-electron chi connectivity index (χ4n) is 1.50. The third-order valence-electron chi connectivity index (χ3n) is 2.65. The third-order valence-corrected chi connectivity index (χ3v) is 2.65. The number of rotatable bonds is 5. The van der Waals surface area contributed by atoms with Gasteiger partial charge in [0, 0.05) is 17.8 Å². The van der Waals surface area contributed by atoms with E-state index in [9.17, 15) is 9.18 Å². The lowest BCUT2D eigenvalue weighted by molar-refractivity contribution is -0.136. The first-order chi connectivity index (χ1) is 8.58. The monoisotopic (exact) mass is 251 g/mol. The SMILES string of the molecule is CC/C(=C/CNc1ccc(C)c(F)c1)C(=O)OC. The average Bonchev–Trinajstić information content (AvgIpc) is 2.38. The predicted octanol–water partition coefficient (Wildman–Crippen LogP) is 3.06. The van der Waals surface area contributed by atoms with Crippen molar-refractivity contribution in [2.24, 2.45) is 0 Å². The molecule has 3 nitrogen and oxygen atoms in total. The summed E-state index contributed by atoms with van der Waals surface area (Å²) < 4.78 is 17.9. The molecule has 98 valence electrons.